The molecule has 0 aromatic heterocycles. The minimum absolute atomic E-state index is 0.0503. The molecule has 0 spiro atoms. The Morgan fingerprint density at radius 2 is 2.14 bits per heavy atom. The van der Waals surface area contributed by atoms with Crippen molar-refractivity contribution >= 4 is 27.5 Å². The van der Waals surface area contributed by atoms with E-state index >= 15 is 0 Å². The second-order valence-electron chi connectivity index (χ2n) is 5.31. The second-order valence-corrected chi connectivity index (χ2v) is 8.52. The highest BCUT2D eigenvalue weighted by atomic mass is 32.2. The number of hydrogen-bond donors (Lipinski definition) is 1. The molecular formula is C13H15F2NO3S2. The fourth-order valence-electron chi connectivity index (χ4n) is 2.21. The van der Waals surface area contributed by atoms with Crippen molar-refractivity contribution in [1.29, 1.82) is 0 Å². The van der Waals surface area contributed by atoms with Crippen LogP contribution in [0.15, 0.2) is 23.1 Å². The minimum atomic E-state index is -3.11. The number of carbonyl (C=O) groups is 1. The van der Waals surface area contributed by atoms with Gasteiger partial charge in [0.05, 0.1) is 22.8 Å². The number of hydrogen-bond acceptors (Lipinski definition) is 4. The summed E-state index contributed by atoms with van der Waals surface area (Å²) in [5.74, 6) is -1.71. The average molecular weight is 335 g/mol. The van der Waals surface area contributed by atoms with Gasteiger partial charge in [0.15, 0.2) is 9.84 Å². The molecule has 1 amide bonds. The fraction of sp³-hybridized carbons (Fsp3) is 0.462. The molecule has 1 aromatic carbocycles. The van der Waals surface area contributed by atoms with E-state index in [9.17, 15) is 22.0 Å². The summed E-state index contributed by atoms with van der Waals surface area (Å²) in [5, 5.41) is 2.66. The van der Waals surface area contributed by atoms with Crippen molar-refractivity contribution in [2.24, 2.45) is 0 Å². The van der Waals surface area contributed by atoms with Crippen LogP contribution in [-0.2, 0) is 14.6 Å². The Kier molecular flexibility index (Phi) is 4.57. The van der Waals surface area contributed by atoms with Gasteiger partial charge in [-0.25, -0.2) is 17.2 Å². The molecule has 1 N–H and O–H groups in total. The van der Waals surface area contributed by atoms with Crippen molar-refractivity contribution in [2.45, 2.75) is 23.8 Å². The number of benzene rings is 1. The highest BCUT2D eigenvalue weighted by molar-refractivity contribution is 8.00. The van der Waals surface area contributed by atoms with Crippen LogP contribution in [0.2, 0.25) is 0 Å². The van der Waals surface area contributed by atoms with Gasteiger partial charge < -0.3 is 5.32 Å². The molecule has 4 nitrogen and oxygen atoms in total. The average Bonchev–Trinajstić information content (AvgIpc) is 2.64. The van der Waals surface area contributed by atoms with E-state index < -0.39 is 32.9 Å². The van der Waals surface area contributed by atoms with Crippen molar-refractivity contribution in [3.8, 4) is 0 Å². The summed E-state index contributed by atoms with van der Waals surface area (Å²) in [6, 6.07) is 3.03. The molecule has 1 atom stereocenters. The Morgan fingerprint density at radius 3 is 2.76 bits per heavy atom. The van der Waals surface area contributed by atoms with Crippen molar-refractivity contribution in [1.82, 2.24) is 5.32 Å². The van der Waals surface area contributed by atoms with Gasteiger partial charge in [0.1, 0.15) is 11.6 Å². The van der Waals surface area contributed by atoms with Crippen molar-refractivity contribution < 1.29 is 22.0 Å². The normalized spacial score (nSPS) is 24.0. The maximum Gasteiger partial charge on any atom is 0.230 e. The van der Waals surface area contributed by atoms with Gasteiger partial charge in [-0.15, -0.1) is 11.8 Å². The summed E-state index contributed by atoms with van der Waals surface area (Å²) in [7, 11) is -3.11. The van der Waals surface area contributed by atoms with E-state index in [0.29, 0.717) is 6.42 Å². The minimum Gasteiger partial charge on any atom is -0.349 e. The molecule has 0 radical (unpaired) electrons. The van der Waals surface area contributed by atoms with Gasteiger partial charge in [-0.3, -0.25) is 4.79 Å². The molecular weight excluding hydrogens is 320 g/mol. The highest BCUT2D eigenvalue weighted by Crippen LogP contribution is 2.25. The lowest BCUT2D eigenvalue weighted by Gasteiger charge is -2.23. The number of carbonyl (C=O) groups excluding carboxylic acids is 1. The van der Waals surface area contributed by atoms with E-state index in [1.54, 1.807) is 6.92 Å². The van der Waals surface area contributed by atoms with Gasteiger partial charge in [-0.05, 0) is 31.5 Å². The summed E-state index contributed by atoms with van der Waals surface area (Å²) in [5.41, 5.74) is -0.781. The monoisotopic (exact) mass is 335 g/mol. The lowest BCUT2D eigenvalue weighted by atomic mass is 10.0. The van der Waals surface area contributed by atoms with Crippen LogP contribution in [0.3, 0.4) is 0 Å². The molecule has 2 rings (SSSR count). The number of thioether (sulfide) groups is 1. The third kappa shape index (κ3) is 4.41. The highest BCUT2D eigenvalue weighted by Gasteiger charge is 2.39. The Labute approximate surface area is 126 Å². The van der Waals surface area contributed by atoms with Crippen LogP contribution in [0.25, 0.3) is 0 Å². The maximum atomic E-state index is 13.4. The fourth-order valence-corrected chi connectivity index (χ4v) is 5.07. The zero-order valence-electron chi connectivity index (χ0n) is 11.4. The number of halogens is 2. The van der Waals surface area contributed by atoms with E-state index in [-0.39, 0.29) is 22.2 Å². The Morgan fingerprint density at radius 1 is 1.43 bits per heavy atom. The molecule has 1 aromatic rings. The third-order valence-corrected chi connectivity index (χ3v) is 6.13. The Bertz CT molecular complexity index is 663. The van der Waals surface area contributed by atoms with E-state index in [2.05, 4.69) is 5.32 Å². The van der Waals surface area contributed by atoms with Gasteiger partial charge >= 0.3 is 0 Å². The molecule has 1 saturated heterocycles. The molecule has 0 bridgehead atoms. The van der Waals surface area contributed by atoms with Crippen molar-refractivity contribution in [3.05, 3.63) is 29.8 Å². The van der Waals surface area contributed by atoms with Gasteiger partial charge in [0.25, 0.3) is 0 Å². The molecule has 0 unspecified atom stereocenters. The SMILES string of the molecule is C[C@]1(NC(=O)CSc2cc(F)ccc2F)CCS(=O)(=O)C1. The molecule has 1 fully saturated rings. The van der Waals surface area contributed by atoms with E-state index in [0.717, 1.165) is 30.0 Å². The molecule has 8 heteroatoms. The predicted octanol–water partition coefficient (Wildman–Crippen LogP) is 1.75. The van der Waals surface area contributed by atoms with Gasteiger partial charge in [-0.1, -0.05) is 0 Å². The van der Waals surface area contributed by atoms with Gasteiger partial charge in [-0.2, -0.15) is 0 Å². The van der Waals surface area contributed by atoms with Crippen LogP contribution in [0.4, 0.5) is 8.78 Å². The Hall–Kier alpha value is -1.15. The topological polar surface area (TPSA) is 63.2 Å². The molecule has 1 heterocycles. The number of sulfone groups is 1. The lowest BCUT2D eigenvalue weighted by Crippen LogP contribution is -2.47. The first kappa shape index (κ1) is 16.2. The first-order chi connectivity index (χ1) is 9.69. The number of rotatable bonds is 4. The van der Waals surface area contributed by atoms with Crippen LogP contribution in [-0.4, -0.2) is 37.1 Å². The first-order valence-electron chi connectivity index (χ1n) is 6.28. The standard InChI is InChI=1S/C13H15F2NO3S2/c1-13(4-5-21(18,19)8-13)16-12(17)7-20-11-6-9(14)2-3-10(11)15/h2-3,6H,4-5,7-8H2,1H3,(H,16,17)/t13-/m0/s1. The van der Waals surface area contributed by atoms with Gasteiger partial charge in [0, 0.05) is 4.90 Å². The van der Waals surface area contributed by atoms with Crippen LogP contribution in [0.1, 0.15) is 13.3 Å². The molecule has 1 aliphatic rings. The zero-order chi connectivity index (χ0) is 15.7. The number of nitrogens with one attached hydrogen (secondary N) is 1. The zero-order valence-corrected chi connectivity index (χ0v) is 13.0. The van der Waals surface area contributed by atoms with Crippen LogP contribution in [0, 0.1) is 11.6 Å². The summed E-state index contributed by atoms with van der Waals surface area (Å²) < 4.78 is 49.3. The van der Waals surface area contributed by atoms with Crippen LogP contribution in [0.5, 0.6) is 0 Å². The molecule has 21 heavy (non-hydrogen) atoms. The first-order valence-corrected chi connectivity index (χ1v) is 9.09. The van der Waals surface area contributed by atoms with Crippen molar-refractivity contribution in [2.75, 3.05) is 17.3 Å². The third-order valence-electron chi connectivity index (χ3n) is 3.20. The van der Waals surface area contributed by atoms with E-state index in [1.807, 2.05) is 0 Å². The predicted molar refractivity (Wildman–Crippen MR) is 76.9 cm³/mol. The Balaban J connectivity index is 1.92. The van der Waals surface area contributed by atoms with E-state index in [1.165, 1.54) is 0 Å². The quantitative estimate of drug-likeness (QED) is 0.852. The summed E-state index contributed by atoms with van der Waals surface area (Å²) in [6.45, 7) is 1.67. The molecule has 0 saturated carbocycles. The smallest absolute Gasteiger partial charge is 0.230 e. The second kappa shape index (κ2) is 5.92. The van der Waals surface area contributed by atoms with Gasteiger partial charge in [0.2, 0.25) is 5.91 Å². The molecule has 0 aliphatic carbocycles. The van der Waals surface area contributed by atoms with Crippen LogP contribution >= 0.6 is 11.8 Å². The van der Waals surface area contributed by atoms with Crippen LogP contribution < -0.4 is 5.32 Å². The molecule has 116 valence electrons. The molecule has 1 aliphatic heterocycles. The largest absolute Gasteiger partial charge is 0.349 e. The summed E-state index contributed by atoms with van der Waals surface area (Å²) >= 11 is 0.875. The van der Waals surface area contributed by atoms with E-state index in [4.69, 9.17) is 0 Å². The van der Waals surface area contributed by atoms with Crippen molar-refractivity contribution in [3.63, 3.8) is 0 Å². The lowest BCUT2D eigenvalue weighted by molar-refractivity contribution is -0.120. The summed E-state index contributed by atoms with van der Waals surface area (Å²) in [4.78, 5) is 11.9. The number of amides is 1. The summed E-state index contributed by atoms with van der Waals surface area (Å²) in [6.07, 6.45) is 0.361. The maximum absolute atomic E-state index is 13.4.